The number of rotatable bonds is 5. The third-order valence-corrected chi connectivity index (χ3v) is 3.96. The fraction of sp³-hybridized carbons (Fsp3) is 0.857. The van der Waals surface area contributed by atoms with Crippen molar-refractivity contribution in [2.24, 2.45) is 0 Å². The molecule has 0 atom stereocenters. The molecule has 2 saturated heterocycles. The van der Waals surface area contributed by atoms with E-state index in [2.05, 4.69) is 21.0 Å². The van der Waals surface area contributed by atoms with E-state index in [0.717, 1.165) is 26.2 Å². The van der Waals surface area contributed by atoms with Gasteiger partial charge >= 0.3 is 0 Å². The molecule has 0 spiro atoms. The fourth-order valence-electron chi connectivity index (χ4n) is 2.86. The zero-order valence-electron chi connectivity index (χ0n) is 10.8. The van der Waals surface area contributed by atoms with Gasteiger partial charge in [0, 0.05) is 32.2 Å². The van der Waals surface area contributed by atoms with Gasteiger partial charge in [0.1, 0.15) is 0 Å². The van der Waals surface area contributed by atoms with E-state index < -0.39 is 0 Å². The summed E-state index contributed by atoms with van der Waals surface area (Å²) in [5, 5.41) is 3.69. The highest BCUT2D eigenvalue weighted by Gasteiger charge is 2.18. The van der Waals surface area contributed by atoms with Crippen LogP contribution in [0.3, 0.4) is 0 Å². The third-order valence-electron chi connectivity index (χ3n) is 3.96. The molecule has 0 bridgehead atoms. The maximum absolute atomic E-state index is 5.33. The summed E-state index contributed by atoms with van der Waals surface area (Å²) in [7, 11) is 0. The minimum Gasteiger partial charge on any atom is -0.313 e. The standard InChI is InChI=1S/C14H25N3/c1-2-8-16-11-5-14(6-12-16)15-7-13-17-9-3-4-10-17/h1,14-15H,3-13H2. The molecule has 0 amide bonds. The number of piperidine rings is 1. The van der Waals surface area contributed by atoms with Crippen LogP contribution in [0.4, 0.5) is 0 Å². The van der Waals surface area contributed by atoms with Gasteiger partial charge in [0.05, 0.1) is 6.54 Å². The summed E-state index contributed by atoms with van der Waals surface area (Å²) < 4.78 is 0. The van der Waals surface area contributed by atoms with Crippen LogP contribution in [-0.4, -0.2) is 61.7 Å². The molecule has 96 valence electrons. The topological polar surface area (TPSA) is 18.5 Å². The van der Waals surface area contributed by atoms with Crippen molar-refractivity contribution in [2.45, 2.75) is 31.7 Å². The van der Waals surface area contributed by atoms with Gasteiger partial charge < -0.3 is 10.2 Å². The lowest BCUT2D eigenvalue weighted by Crippen LogP contribution is -2.44. The van der Waals surface area contributed by atoms with Crippen LogP contribution in [0.1, 0.15) is 25.7 Å². The molecular weight excluding hydrogens is 210 g/mol. The van der Waals surface area contributed by atoms with Gasteiger partial charge in [0.2, 0.25) is 0 Å². The Hall–Kier alpha value is -0.560. The van der Waals surface area contributed by atoms with Crippen molar-refractivity contribution >= 4 is 0 Å². The van der Waals surface area contributed by atoms with E-state index in [9.17, 15) is 0 Å². The summed E-state index contributed by atoms with van der Waals surface area (Å²) in [4.78, 5) is 4.94. The Morgan fingerprint density at radius 1 is 1.06 bits per heavy atom. The second kappa shape index (κ2) is 7.00. The first-order chi connectivity index (χ1) is 8.38. The first-order valence-electron chi connectivity index (χ1n) is 7.00. The molecule has 3 heteroatoms. The van der Waals surface area contributed by atoms with Gasteiger partial charge in [-0.05, 0) is 38.8 Å². The lowest BCUT2D eigenvalue weighted by atomic mass is 10.1. The Bertz CT molecular complexity index is 245. The Kier molecular flexibility index (Phi) is 5.31. The maximum atomic E-state index is 5.33. The predicted molar refractivity (Wildman–Crippen MR) is 72.0 cm³/mol. The quantitative estimate of drug-likeness (QED) is 0.710. The molecule has 2 heterocycles. The molecule has 2 aliphatic heterocycles. The van der Waals surface area contributed by atoms with Crippen molar-refractivity contribution in [3.63, 3.8) is 0 Å². The van der Waals surface area contributed by atoms with Crippen molar-refractivity contribution in [2.75, 3.05) is 45.8 Å². The van der Waals surface area contributed by atoms with Gasteiger partial charge in [-0.3, -0.25) is 4.90 Å². The largest absolute Gasteiger partial charge is 0.313 e. The van der Waals surface area contributed by atoms with E-state index in [0.29, 0.717) is 6.04 Å². The van der Waals surface area contributed by atoms with Crippen LogP contribution < -0.4 is 5.32 Å². The molecule has 3 nitrogen and oxygen atoms in total. The Labute approximate surface area is 106 Å². The van der Waals surface area contributed by atoms with Crippen LogP contribution in [0.25, 0.3) is 0 Å². The van der Waals surface area contributed by atoms with Gasteiger partial charge in [0.25, 0.3) is 0 Å². The number of hydrogen-bond donors (Lipinski definition) is 1. The number of nitrogens with one attached hydrogen (secondary N) is 1. The molecule has 2 rings (SSSR count). The summed E-state index contributed by atoms with van der Waals surface area (Å²) >= 11 is 0. The number of hydrogen-bond acceptors (Lipinski definition) is 3. The van der Waals surface area contributed by atoms with Gasteiger partial charge in [-0.2, -0.15) is 0 Å². The SMILES string of the molecule is C#CCN1CCC(NCCN2CCCC2)CC1. The molecule has 0 radical (unpaired) electrons. The predicted octanol–water partition coefficient (Wildman–Crippen LogP) is 0.769. The summed E-state index contributed by atoms with van der Waals surface area (Å²) in [5.74, 6) is 2.73. The van der Waals surface area contributed by atoms with Crippen LogP contribution in [0, 0.1) is 12.3 Å². The van der Waals surface area contributed by atoms with E-state index in [1.54, 1.807) is 0 Å². The zero-order valence-corrected chi connectivity index (χ0v) is 10.8. The first kappa shape index (κ1) is 12.9. The van der Waals surface area contributed by atoms with Gasteiger partial charge in [0.15, 0.2) is 0 Å². The summed E-state index contributed by atoms with van der Waals surface area (Å²) in [6.07, 6.45) is 10.6. The van der Waals surface area contributed by atoms with Crippen LogP contribution in [0.15, 0.2) is 0 Å². The number of likely N-dealkylation sites (tertiary alicyclic amines) is 2. The van der Waals surface area contributed by atoms with E-state index in [4.69, 9.17) is 6.42 Å². The second-order valence-corrected chi connectivity index (χ2v) is 5.26. The van der Waals surface area contributed by atoms with Crippen molar-refractivity contribution in [3.05, 3.63) is 0 Å². The monoisotopic (exact) mass is 235 g/mol. The molecule has 17 heavy (non-hydrogen) atoms. The molecule has 2 fully saturated rings. The third kappa shape index (κ3) is 4.31. The van der Waals surface area contributed by atoms with Crippen molar-refractivity contribution in [1.82, 2.24) is 15.1 Å². The fourth-order valence-corrected chi connectivity index (χ4v) is 2.86. The number of nitrogens with zero attached hydrogens (tertiary/aromatic N) is 2. The van der Waals surface area contributed by atoms with Gasteiger partial charge in [-0.1, -0.05) is 5.92 Å². The average molecular weight is 235 g/mol. The molecule has 0 aromatic carbocycles. The zero-order chi connectivity index (χ0) is 11.9. The number of terminal acetylenes is 1. The molecule has 1 N–H and O–H groups in total. The van der Waals surface area contributed by atoms with Crippen molar-refractivity contribution in [1.29, 1.82) is 0 Å². The van der Waals surface area contributed by atoms with E-state index in [-0.39, 0.29) is 0 Å². The molecular formula is C14H25N3. The minimum absolute atomic E-state index is 0.714. The van der Waals surface area contributed by atoms with Gasteiger partial charge in [-0.15, -0.1) is 6.42 Å². The van der Waals surface area contributed by atoms with Crippen LogP contribution in [-0.2, 0) is 0 Å². The molecule has 0 saturated carbocycles. The van der Waals surface area contributed by atoms with Gasteiger partial charge in [-0.25, -0.2) is 0 Å². The Morgan fingerprint density at radius 3 is 2.41 bits per heavy atom. The lowest BCUT2D eigenvalue weighted by Gasteiger charge is -2.31. The maximum Gasteiger partial charge on any atom is 0.0598 e. The summed E-state index contributed by atoms with van der Waals surface area (Å²) in [6.45, 7) is 8.13. The van der Waals surface area contributed by atoms with E-state index in [1.165, 1.54) is 45.3 Å². The van der Waals surface area contributed by atoms with E-state index >= 15 is 0 Å². The minimum atomic E-state index is 0.714. The van der Waals surface area contributed by atoms with Crippen LogP contribution in [0.2, 0.25) is 0 Å². The lowest BCUT2D eigenvalue weighted by molar-refractivity contribution is 0.213. The Morgan fingerprint density at radius 2 is 1.76 bits per heavy atom. The molecule has 0 unspecified atom stereocenters. The molecule has 2 aliphatic rings. The van der Waals surface area contributed by atoms with Crippen LogP contribution in [0.5, 0.6) is 0 Å². The molecule has 0 aromatic heterocycles. The highest BCUT2D eigenvalue weighted by atomic mass is 15.2. The second-order valence-electron chi connectivity index (χ2n) is 5.26. The molecule has 0 aliphatic carbocycles. The van der Waals surface area contributed by atoms with Crippen molar-refractivity contribution in [3.8, 4) is 12.3 Å². The normalized spacial score (nSPS) is 23.9. The molecule has 0 aromatic rings. The highest BCUT2D eigenvalue weighted by molar-refractivity contribution is 4.90. The summed E-state index contributed by atoms with van der Waals surface area (Å²) in [5.41, 5.74) is 0. The smallest absolute Gasteiger partial charge is 0.0598 e. The summed E-state index contributed by atoms with van der Waals surface area (Å²) in [6, 6.07) is 0.714. The highest BCUT2D eigenvalue weighted by Crippen LogP contribution is 2.10. The van der Waals surface area contributed by atoms with Crippen molar-refractivity contribution < 1.29 is 0 Å². The van der Waals surface area contributed by atoms with E-state index in [1.807, 2.05) is 0 Å². The Balaban J connectivity index is 1.54. The van der Waals surface area contributed by atoms with Crippen LogP contribution >= 0.6 is 0 Å². The average Bonchev–Trinajstić information content (AvgIpc) is 2.85. The first-order valence-corrected chi connectivity index (χ1v) is 7.00.